The van der Waals surface area contributed by atoms with Gasteiger partial charge in [-0.25, -0.2) is 0 Å². The molecule has 0 radical (unpaired) electrons. The molecule has 2 aromatic rings. The van der Waals surface area contributed by atoms with Crippen molar-refractivity contribution in [1.29, 1.82) is 0 Å². The van der Waals surface area contributed by atoms with Gasteiger partial charge in [0.1, 0.15) is 5.75 Å². The predicted molar refractivity (Wildman–Crippen MR) is 88.7 cm³/mol. The molecule has 0 spiro atoms. The van der Waals surface area contributed by atoms with Gasteiger partial charge in [-0.05, 0) is 61.9 Å². The molecule has 0 unspecified atom stereocenters. The summed E-state index contributed by atoms with van der Waals surface area (Å²) >= 11 is 3.34. The first-order valence-electron chi connectivity index (χ1n) is 6.50. The average Bonchev–Trinajstić information content (AvgIpc) is 2.42. The Bertz CT molecular complexity index is 690. The number of rotatable bonds is 4. The Labute approximate surface area is 132 Å². The molecule has 2 aromatic carbocycles. The first-order valence-corrected chi connectivity index (χ1v) is 7.30. The van der Waals surface area contributed by atoms with Gasteiger partial charge in [0.15, 0.2) is 5.78 Å². The van der Waals surface area contributed by atoms with Crippen LogP contribution in [0.5, 0.6) is 5.75 Å². The van der Waals surface area contributed by atoms with Crippen LogP contribution >= 0.6 is 15.9 Å². The first-order chi connectivity index (χ1) is 9.95. The van der Waals surface area contributed by atoms with Crippen LogP contribution in [0.25, 0.3) is 0 Å². The Hall–Kier alpha value is -2.07. The predicted octanol–water partition coefficient (Wildman–Crippen LogP) is 4.66. The van der Waals surface area contributed by atoms with Gasteiger partial charge in [0.25, 0.3) is 0 Å². The van der Waals surface area contributed by atoms with Crippen LogP contribution < -0.4 is 5.32 Å². The quantitative estimate of drug-likeness (QED) is 0.481. The Morgan fingerprint density at radius 2 is 1.86 bits per heavy atom. The SMILES string of the molecule is C/C(=C\C(=O)c1ccc(Br)cc1)Nc1ccc(O)cc1C. The summed E-state index contributed by atoms with van der Waals surface area (Å²) in [7, 11) is 0. The maximum Gasteiger partial charge on any atom is 0.187 e. The average molecular weight is 346 g/mol. The van der Waals surface area contributed by atoms with Gasteiger partial charge >= 0.3 is 0 Å². The lowest BCUT2D eigenvalue weighted by Gasteiger charge is -2.10. The number of halogens is 1. The normalized spacial score (nSPS) is 11.3. The maximum absolute atomic E-state index is 12.1. The number of ketones is 1. The Kier molecular flexibility index (Phi) is 4.81. The van der Waals surface area contributed by atoms with Crippen molar-refractivity contribution in [3.05, 3.63) is 69.8 Å². The largest absolute Gasteiger partial charge is 0.508 e. The number of carbonyl (C=O) groups excluding carboxylic acids is 1. The van der Waals surface area contributed by atoms with Crippen LogP contribution in [-0.2, 0) is 0 Å². The number of phenols is 1. The van der Waals surface area contributed by atoms with E-state index in [4.69, 9.17) is 0 Å². The van der Waals surface area contributed by atoms with E-state index in [1.54, 1.807) is 36.4 Å². The van der Waals surface area contributed by atoms with Crippen LogP contribution in [-0.4, -0.2) is 10.9 Å². The molecule has 0 heterocycles. The second kappa shape index (κ2) is 6.59. The Balaban J connectivity index is 2.13. The zero-order valence-corrected chi connectivity index (χ0v) is 13.4. The molecule has 0 fully saturated rings. The number of benzene rings is 2. The summed E-state index contributed by atoms with van der Waals surface area (Å²) < 4.78 is 0.942. The van der Waals surface area contributed by atoms with Crippen molar-refractivity contribution in [3.8, 4) is 5.75 Å². The number of anilines is 1. The summed E-state index contributed by atoms with van der Waals surface area (Å²) in [4.78, 5) is 12.1. The second-order valence-electron chi connectivity index (χ2n) is 4.82. The van der Waals surface area contributed by atoms with Crippen LogP contribution in [0, 0.1) is 6.92 Å². The number of hydrogen-bond acceptors (Lipinski definition) is 3. The molecule has 0 aliphatic heterocycles. The fourth-order valence-electron chi connectivity index (χ4n) is 1.93. The minimum Gasteiger partial charge on any atom is -0.508 e. The highest BCUT2D eigenvalue weighted by molar-refractivity contribution is 9.10. The highest BCUT2D eigenvalue weighted by Gasteiger charge is 2.04. The number of aromatic hydroxyl groups is 1. The fourth-order valence-corrected chi connectivity index (χ4v) is 2.20. The van der Waals surface area contributed by atoms with Gasteiger partial charge in [0.2, 0.25) is 0 Å². The zero-order valence-electron chi connectivity index (χ0n) is 11.9. The van der Waals surface area contributed by atoms with E-state index in [0.29, 0.717) is 5.56 Å². The number of allylic oxidation sites excluding steroid dienone is 2. The van der Waals surface area contributed by atoms with E-state index < -0.39 is 0 Å². The van der Waals surface area contributed by atoms with Gasteiger partial charge in [-0.2, -0.15) is 0 Å². The highest BCUT2D eigenvalue weighted by atomic mass is 79.9. The number of carbonyl (C=O) groups is 1. The number of phenolic OH excluding ortho intramolecular Hbond substituents is 1. The Morgan fingerprint density at radius 1 is 1.19 bits per heavy atom. The molecule has 108 valence electrons. The van der Waals surface area contributed by atoms with Gasteiger partial charge < -0.3 is 10.4 Å². The molecule has 0 amide bonds. The van der Waals surface area contributed by atoms with Crippen molar-refractivity contribution >= 4 is 27.4 Å². The molecule has 0 aromatic heterocycles. The molecular weight excluding hydrogens is 330 g/mol. The van der Waals surface area contributed by atoms with E-state index in [2.05, 4.69) is 21.2 Å². The second-order valence-corrected chi connectivity index (χ2v) is 5.74. The van der Waals surface area contributed by atoms with E-state index >= 15 is 0 Å². The summed E-state index contributed by atoms with van der Waals surface area (Å²) in [6.07, 6.45) is 1.57. The molecule has 0 saturated heterocycles. The number of nitrogens with one attached hydrogen (secondary N) is 1. The van der Waals surface area contributed by atoms with E-state index in [0.717, 1.165) is 21.4 Å². The maximum atomic E-state index is 12.1. The van der Waals surface area contributed by atoms with Crippen LogP contribution in [0.3, 0.4) is 0 Å². The lowest BCUT2D eigenvalue weighted by molar-refractivity contribution is 0.104. The number of aryl methyl sites for hydroxylation is 1. The zero-order chi connectivity index (χ0) is 15.4. The van der Waals surface area contributed by atoms with Gasteiger partial charge in [0.05, 0.1) is 0 Å². The highest BCUT2D eigenvalue weighted by Crippen LogP contribution is 2.21. The lowest BCUT2D eigenvalue weighted by Crippen LogP contribution is -2.02. The number of hydrogen-bond donors (Lipinski definition) is 2. The molecule has 21 heavy (non-hydrogen) atoms. The Morgan fingerprint density at radius 3 is 2.48 bits per heavy atom. The van der Waals surface area contributed by atoms with Crippen LogP contribution in [0.15, 0.2) is 58.7 Å². The van der Waals surface area contributed by atoms with E-state index in [9.17, 15) is 9.90 Å². The summed E-state index contributed by atoms with van der Waals surface area (Å²) in [6, 6.07) is 12.3. The van der Waals surface area contributed by atoms with Crippen molar-refractivity contribution in [2.75, 3.05) is 5.32 Å². The topological polar surface area (TPSA) is 49.3 Å². The summed E-state index contributed by atoms with van der Waals surface area (Å²) in [5.74, 6) is 0.176. The third-order valence-corrected chi connectivity index (χ3v) is 3.55. The lowest BCUT2D eigenvalue weighted by atomic mass is 10.1. The van der Waals surface area contributed by atoms with Crippen molar-refractivity contribution in [3.63, 3.8) is 0 Å². The molecular formula is C17H16BrNO2. The van der Waals surface area contributed by atoms with E-state index in [1.165, 1.54) is 0 Å². The third kappa shape index (κ3) is 4.20. The molecule has 3 nitrogen and oxygen atoms in total. The summed E-state index contributed by atoms with van der Waals surface area (Å²) in [5, 5.41) is 12.6. The molecule has 0 bridgehead atoms. The van der Waals surface area contributed by atoms with Crippen molar-refractivity contribution in [2.45, 2.75) is 13.8 Å². The van der Waals surface area contributed by atoms with Crippen molar-refractivity contribution in [2.24, 2.45) is 0 Å². The standard InChI is InChI=1S/C17H16BrNO2/c1-11-9-15(20)7-8-16(11)19-12(2)10-17(21)13-3-5-14(18)6-4-13/h3-10,19-20H,1-2H3/b12-10+. The van der Waals surface area contributed by atoms with Gasteiger partial charge in [-0.1, -0.05) is 15.9 Å². The monoisotopic (exact) mass is 345 g/mol. The minimum atomic E-state index is -0.0519. The summed E-state index contributed by atoms with van der Waals surface area (Å²) in [5.41, 5.74) is 3.17. The third-order valence-electron chi connectivity index (χ3n) is 3.02. The van der Waals surface area contributed by atoms with Crippen LogP contribution in [0.4, 0.5) is 5.69 Å². The van der Waals surface area contributed by atoms with Crippen LogP contribution in [0.1, 0.15) is 22.8 Å². The fraction of sp³-hybridized carbons (Fsp3) is 0.118. The van der Waals surface area contributed by atoms with E-state index in [-0.39, 0.29) is 11.5 Å². The smallest absolute Gasteiger partial charge is 0.187 e. The molecule has 0 aliphatic rings. The molecule has 2 rings (SSSR count). The molecule has 2 N–H and O–H groups in total. The first kappa shape index (κ1) is 15.3. The molecule has 0 aliphatic carbocycles. The van der Waals surface area contributed by atoms with Gasteiger partial charge in [-0.15, -0.1) is 0 Å². The van der Waals surface area contributed by atoms with Crippen molar-refractivity contribution < 1.29 is 9.90 Å². The van der Waals surface area contributed by atoms with E-state index in [1.807, 2.05) is 26.0 Å². The van der Waals surface area contributed by atoms with Gasteiger partial charge in [-0.3, -0.25) is 4.79 Å². The molecule has 0 saturated carbocycles. The summed E-state index contributed by atoms with van der Waals surface area (Å²) in [6.45, 7) is 3.73. The molecule has 0 atom stereocenters. The molecule has 4 heteroatoms. The van der Waals surface area contributed by atoms with Gasteiger partial charge in [0, 0.05) is 27.5 Å². The van der Waals surface area contributed by atoms with Crippen molar-refractivity contribution in [1.82, 2.24) is 0 Å². The minimum absolute atomic E-state index is 0.0519. The van der Waals surface area contributed by atoms with Crippen LogP contribution in [0.2, 0.25) is 0 Å².